The van der Waals surface area contributed by atoms with Gasteiger partial charge in [0.2, 0.25) is 0 Å². The molecule has 0 spiro atoms. The molecule has 1 aromatic heterocycles. The second-order valence-electron chi connectivity index (χ2n) is 5.17. The van der Waals surface area contributed by atoms with Crippen LogP contribution in [-0.2, 0) is 9.47 Å². The van der Waals surface area contributed by atoms with Crippen molar-refractivity contribution in [2.45, 2.75) is 0 Å². The van der Waals surface area contributed by atoms with E-state index in [4.69, 9.17) is 21.1 Å². The van der Waals surface area contributed by atoms with E-state index in [-0.39, 0.29) is 10.6 Å². The summed E-state index contributed by atoms with van der Waals surface area (Å²) < 4.78 is 11.2. The first-order valence-electron chi connectivity index (χ1n) is 7.41. The maximum Gasteiger partial charge on any atom is 0.340 e. The van der Waals surface area contributed by atoms with Crippen LogP contribution in [0.15, 0.2) is 35.3 Å². The molecule has 2 aromatic rings. The zero-order valence-electron chi connectivity index (χ0n) is 13.1. The van der Waals surface area contributed by atoms with Crippen LogP contribution >= 0.6 is 11.6 Å². The van der Waals surface area contributed by atoms with E-state index in [1.54, 1.807) is 24.3 Å². The number of carbonyl (C=O) groups is 1. The van der Waals surface area contributed by atoms with E-state index in [0.717, 1.165) is 4.68 Å². The molecule has 7 nitrogen and oxygen atoms in total. The van der Waals surface area contributed by atoms with E-state index in [9.17, 15) is 9.59 Å². The molecule has 1 aliphatic rings. The van der Waals surface area contributed by atoms with Gasteiger partial charge in [0.25, 0.3) is 5.56 Å². The number of esters is 1. The molecule has 2 heterocycles. The van der Waals surface area contributed by atoms with Crippen molar-refractivity contribution in [3.8, 4) is 5.69 Å². The highest BCUT2D eigenvalue weighted by Gasteiger charge is 2.20. The van der Waals surface area contributed by atoms with Gasteiger partial charge >= 0.3 is 5.97 Å². The predicted octanol–water partition coefficient (Wildman–Crippen LogP) is 1.51. The zero-order chi connectivity index (χ0) is 17.1. The number of nitrogens with zero attached hydrogens (tertiary/aromatic N) is 3. The first kappa shape index (κ1) is 16.5. The van der Waals surface area contributed by atoms with E-state index in [1.165, 1.54) is 13.3 Å². The van der Waals surface area contributed by atoms with Gasteiger partial charge in [0.15, 0.2) is 0 Å². The molecule has 0 bridgehead atoms. The Morgan fingerprint density at radius 2 is 1.96 bits per heavy atom. The smallest absolute Gasteiger partial charge is 0.340 e. The van der Waals surface area contributed by atoms with Crippen LogP contribution in [0, 0.1) is 0 Å². The number of anilines is 1. The van der Waals surface area contributed by atoms with Crippen LogP contribution in [0.5, 0.6) is 0 Å². The topological polar surface area (TPSA) is 73.7 Å². The Hall–Kier alpha value is -2.38. The lowest BCUT2D eigenvalue weighted by atomic mass is 10.2. The second-order valence-corrected chi connectivity index (χ2v) is 5.55. The molecule has 0 atom stereocenters. The van der Waals surface area contributed by atoms with Gasteiger partial charge in [-0.2, -0.15) is 9.78 Å². The van der Waals surface area contributed by atoms with Crippen molar-refractivity contribution in [2.75, 3.05) is 38.3 Å². The molecule has 0 saturated carbocycles. The van der Waals surface area contributed by atoms with Crippen molar-refractivity contribution in [1.29, 1.82) is 0 Å². The highest BCUT2D eigenvalue weighted by Crippen LogP contribution is 2.23. The fourth-order valence-corrected chi connectivity index (χ4v) is 2.81. The van der Waals surface area contributed by atoms with Crippen LogP contribution < -0.4 is 10.5 Å². The Kier molecular flexibility index (Phi) is 4.82. The summed E-state index contributed by atoms with van der Waals surface area (Å²) in [6.45, 7) is 2.43. The third-order valence-electron chi connectivity index (χ3n) is 3.79. The van der Waals surface area contributed by atoms with Gasteiger partial charge in [-0.1, -0.05) is 23.7 Å². The molecule has 3 rings (SSSR count). The van der Waals surface area contributed by atoms with Crippen molar-refractivity contribution < 1.29 is 14.3 Å². The average molecular weight is 350 g/mol. The Labute approximate surface area is 143 Å². The van der Waals surface area contributed by atoms with Gasteiger partial charge in [0, 0.05) is 13.1 Å². The maximum atomic E-state index is 12.7. The fraction of sp³-hybridized carbons (Fsp3) is 0.312. The Bertz CT molecular complexity index is 815. The summed E-state index contributed by atoms with van der Waals surface area (Å²) >= 11 is 6.28. The quantitative estimate of drug-likeness (QED) is 0.782. The van der Waals surface area contributed by atoms with Crippen LogP contribution in [-0.4, -0.2) is 49.2 Å². The molecule has 1 aromatic carbocycles. The molecule has 1 fully saturated rings. The molecule has 8 heteroatoms. The number of hydrogen-bond donors (Lipinski definition) is 0. The summed E-state index contributed by atoms with van der Waals surface area (Å²) in [6.07, 6.45) is 1.53. The average Bonchev–Trinajstić information content (AvgIpc) is 2.64. The minimum atomic E-state index is -0.548. The largest absolute Gasteiger partial charge is 0.465 e. The third-order valence-corrected chi connectivity index (χ3v) is 4.15. The number of rotatable bonds is 3. The van der Waals surface area contributed by atoms with E-state index in [2.05, 4.69) is 5.10 Å². The van der Waals surface area contributed by atoms with Crippen molar-refractivity contribution in [3.05, 3.63) is 51.4 Å². The van der Waals surface area contributed by atoms with E-state index >= 15 is 0 Å². The first-order chi connectivity index (χ1) is 11.6. The lowest BCUT2D eigenvalue weighted by Gasteiger charge is -2.29. The minimum absolute atomic E-state index is 0.0616. The molecule has 0 unspecified atom stereocenters. The van der Waals surface area contributed by atoms with Crippen LogP contribution in [0.4, 0.5) is 5.69 Å². The molecular formula is C16H16ClN3O4. The van der Waals surface area contributed by atoms with Gasteiger partial charge in [-0.05, 0) is 12.1 Å². The normalized spacial score (nSPS) is 14.5. The fourth-order valence-electron chi connectivity index (χ4n) is 2.56. The van der Waals surface area contributed by atoms with Gasteiger partial charge < -0.3 is 14.4 Å². The summed E-state index contributed by atoms with van der Waals surface area (Å²) in [5.41, 5.74) is 0.642. The predicted molar refractivity (Wildman–Crippen MR) is 89.2 cm³/mol. The van der Waals surface area contributed by atoms with Crippen LogP contribution in [0.2, 0.25) is 5.02 Å². The second kappa shape index (κ2) is 7.02. The van der Waals surface area contributed by atoms with Crippen LogP contribution in [0.1, 0.15) is 10.4 Å². The Morgan fingerprint density at radius 3 is 2.67 bits per heavy atom. The highest BCUT2D eigenvalue weighted by molar-refractivity contribution is 6.33. The SMILES string of the molecule is COC(=O)c1ccccc1-n1ncc(N2CCOCC2)c(Cl)c1=O. The van der Waals surface area contributed by atoms with E-state index < -0.39 is 11.5 Å². The minimum Gasteiger partial charge on any atom is -0.465 e. The van der Waals surface area contributed by atoms with Crippen molar-refractivity contribution >= 4 is 23.3 Å². The van der Waals surface area contributed by atoms with Crippen molar-refractivity contribution in [2.24, 2.45) is 0 Å². The van der Waals surface area contributed by atoms with E-state index in [1.807, 2.05) is 4.90 Å². The number of hydrogen-bond acceptors (Lipinski definition) is 6. The maximum absolute atomic E-state index is 12.7. The summed E-state index contributed by atoms with van der Waals surface area (Å²) in [5, 5.41) is 4.25. The standard InChI is InChI=1S/C16H16ClN3O4/c1-23-16(22)11-4-2-3-5-12(11)20-15(21)14(17)13(10-18-20)19-6-8-24-9-7-19/h2-5,10H,6-9H2,1H3. The zero-order valence-corrected chi connectivity index (χ0v) is 13.8. The number of para-hydroxylation sites is 1. The highest BCUT2D eigenvalue weighted by atomic mass is 35.5. The van der Waals surface area contributed by atoms with Crippen LogP contribution in [0.3, 0.4) is 0 Å². The molecule has 0 amide bonds. The molecule has 0 radical (unpaired) electrons. The molecule has 126 valence electrons. The summed E-state index contributed by atoms with van der Waals surface area (Å²) in [4.78, 5) is 26.5. The van der Waals surface area contributed by atoms with Crippen molar-refractivity contribution in [3.63, 3.8) is 0 Å². The molecular weight excluding hydrogens is 334 g/mol. The molecule has 1 saturated heterocycles. The van der Waals surface area contributed by atoms with E-state index in [0.29, 0.717) is 37.7 Å². The third kappa shape index (κ3) is 3.00. The number of aromatic nitrogens is 2. The van der Waals surface area contributed by atoms with Crippen molar-refractivity contribution in [1.82, 2.24) is 9.78 Å². The number of ether oxygens (including phenoxy) is 2. The molecule has 0 aliphatic carbocycles. The van der Waals surface area contributed by atoms with Crippen LogP contribution in [0.25, 0.3) is 5.69 Å². The van der Waals surface area contributed by atoms with Gasteiger partial charge in [-0.15, -0.1) is 0 Å². The number of carbonyl (C=O) groups excluding carboxylic acids is 1. The lowest BCUT2D eigenvalue weighted by molar-refractivity contribution is 0.0600. The Morgan fingerprint density at radius 1 is 1.25 bits per heavy atom. The molecule has 0 N–H and O–H groups in total. The number of halogens is 1. The summed E-state index contributed by atoms with van der Waals surface area (Å²) in [6, 6.07) is 6.58. The molecule has 24 heavy (non-hydrogen) atoms. The number of benzene rings is 1. The van der Waals surface area contributed by atoms with Gasteiger partial charge in [0.1, 0.15) is 5.02 Å². The van der Waals surface area contributed by atoms with Gasteiger partial charge in [0.05, 0.1) is 43.5 Å². The van der Waals surface area contributed by atoms with Gasteiger partial charge in [-0.3, -0.25) is 4.79 Å². The van der Waals surface area contributed by atoms with Gasteiger partial charge in [-0.25, -0.2) is 4.79 Å². The summed E-state index contributed by atoms with van der Waals surface area (Å²) in [7, 11) is 1.28. The number of morpholine rings is 1. The monoisotopic (exact) mass is 349 g/mol. The Balaban J connectivity index is 2.06. The first-order valence-corrected chi connectivity index (χ1v) is 7.79. The number of methoxy groups -OCH3 is 1. The summed E-state index contributed by atoms with van der Waals surface area (Å²) in [5.74, 6) is -0.548. The molecule has 1 aliphatic heterocycles. The lowest BCUT2D eigenvalue weighted by Crippen LogP contribution is -2.38.